The second-order valence-corrected chi connectivity index (χ2v) is 14.6. The van der Waals surface area contributed by atoms with Gasteiger partial charge in [-0.3, -0.25) is 33.8 Å². The van der Waals surface area contributed by atoms with Gasteiger partial charge in [-0.1, -0.05) is 71.4 Å². The molecule has 1 aliphatic heterocycles. The van der Waals surface area contributed by atoms with E-state index in [2.05, 4.69) is 31.2 Å². The Kier molecular flexibility index (Phi) is 14.3. The molecule has 8 atom stereocenters. The van der Waals surface area contributed by atoms with Crippen LogP contribution >= 0.6 is 0 Å². The molecule has 1 saturated heterocycles. The number of ketones is 1. The molecule has 4 rings (SSSR count). The molecular weight excluding hydrogens is 701 g/mol. The number of rotatable bonds is 17. The Morgan fingerprint density at radius 3 is 2.15 bits per heavy atom. The molecule has 1 unspecified atom stereocenters. The molecule has 2 aliphatic rings. The molecule has 5 N–H and O–H groups in total. The predicted octanol–water partition coefficient (Wildman–Crippen LogP) is 1.61. The Hall–Kier alpha value is -5.28. The fourth-order valence-electron chi connectivity index (χ4n) is 7.18. The number of aromatic nitrogens is 2. The topological polar surface area (TPSA) is 217 Å². The summed E-state index contributed by atoms with van der Waals surface area (Å²) in [6, 6.07) is 2.35. The van der Waals surface area contributed by atoms with Gasteiger partial charge in [0.05, 0.1) is 12.2 Å². The Morgan fingerprint density at radius 2 is 1.56 bits per heavy atom. The molecule has 1 aromatic carbocycles. The molecule has 5 amide bonds. The summed E-state index contributed by atoms with van der Waals surface area (Å²) in [4.78, 5) is 103. The third-order valence-electron chi connectivity index (χ3n) is 10.1. The van der Waals surface area contributed by atoms with Gasteiger partial charge in [-0.2, -0.15) is 0 Å². The lowest BCUT2D eigenvalue weighted by Gasteiger charge is -2.34. The first-order valence-corrected chi connectivity index (χ1v) is 18.4. The SMILES string of the molecule is CCCC(NC(=O)[C@@H]1[C@H]2CC[C@H](F)[C@H]2CN1C(=O)[C@@H](NC(=O)[C@@H](NC(=O)c1cnccn1)C(C)C)C(C)C)C(=O)C(=O)N[C@@H](Cc1ccccc1)C(=O)O. The van der Waals surface area contributed by atoms with Gasteiger partial charge in [0.15, 0.2) is 0 Å². The third kappa shape index (κ3) is 10.0. The van der Waals surface area contributed by atoms with E-state index in [4.69, 9.17) is 0 Å². The van der Waals surface area contributed by atoms with Gasteiger partial charge >= 0.3 is 5.97 Å². The zero-order valence-corrected chi connectivity index (χ0v) is 31.2. The van der Waals surface area contributed by atoms with Crippen molar-refractivity contribution in [3.63, 3.8) is 0 Å². The second kappa shape index (κ2) is 18.7. The van der Waals surface area contributed by atoms with Crippen molar-refractivity contribution in [2.75, 3.05) is 6.54 Å². The van der Waals surface area contributed by atoms with Crippen LogP contribution in [0.2, 0.25) is 0 Å². The molecule has 0 radical (unpaired) electrons. The maximum Gasteiger partial charge on any atom is 0.326 e. The zero-order valence-electron chi connectivity index (χ0n) is 31.2. The van der Waals surface area contributed by atoms with Crippen molar-refractivity contribution in [1.29, 1.82) is 0 Å². The van der Waals surface area contributed by atoms with Crippen molar-refractivity contribution in [2.45, 2.75) is 103 Å². The molecule has 1 aromatic heterocycles. The minimum absolute atomic E-state index is 0.00287. The average molecular weight is 752 g/mol. The first kappa shape index (κ1) is 41.5. The smallest absolute Gasteiger partial charge is 0.326 e. The van der Waals surface area contributed by atoms with Gasteiger partial charge < -0.3 is 31.3 Å². The van der Waals surface area contributed by atoms with Crippen LogP contribution in [-0.2, 0) is 35.2 Å². The van der Waals surface area contributed by atoms with Gasteiger partial charge in [0.2, 0.25) is 23.5 Å². The van der Waals surface area contributed by atoms with E-state index < -0.39 is 101 Å². The van der Waals surface area contributed by atoms with Gasteiger partial charge in [-0.05, 0) is 42.6 Å². The van der Waals surface area contributed by atoms with Crippen LogP contribution in [0.3, 0.4) is 0 Å². The normalized spacial score (nSPS) is 21.4. The maximum absolute atomic E-state index is 15.2. The number of Topliss-reactive ketones (excluding diaryl/α,β-unsaturated/α-hetero) is 1. The predicted molar refractivity (Wildman–Crippen MR) is 193 cm³/mol. The molecule has 2 fully saturated rings. The highest BCUT2D eigenvalue weighted by molar-refractivity contribution is 6.38. The number of hydrogen-bond acceptors (Lipinski definition) is 9. The molecule has 1 aliphatic carbocycles. The molecule has 0 bridgehead atoms. The number of likely N-dealkylation sites (tertiary alicyclic amines) is 1. The van der Waals surface area contributed by atoms with E-state index in [1.807, 2.05) is 0 Å². The van der Waals surface area contributed by atoms with Crippen LogP contribution < -0.4 is 21.3 Å². The van der Waals surface area contributed by atoms with Crippen LogP contribution in [-0.4, -0.2) is 104 Å². The second-order valence-electron chi connectivity index (χ2n) is 14.6. The highest BCUT2D eigenvalue weighted by Gasteiger charge is 2.55. The molecule has 0 spiro atoms. The number of nitrogens with zero attached hydrogens (tertiary/aromatic N) is 3. The van der Waals surface area contributed by atoms with E-state index in [1.165, 1.54) is 23.5 Å². The molecule has 15 nitrogen and oxygen atoms in total. The fraction of sp³-hybridized carbons (Fsp3) is 0.553. The summed E-state index contributed by atoms with van der Waals surface area (Å²) in [5.41, 5.74) is 0.624. The van der Waals surface area contributed by atoms with Crippen LogP contribution in [0.25, 0.3) is 0 Å². The molecule has 16 heteroatoms. The minimum Gasteiger partial charge on any atom is -0.480 e. The quantitative estimate of drug-likeness (QED) is 0.147. The largest absolute Gasteiger partial charge is 0.480 e. The summed E-state index contributed by atoms with van der Waals surface area (Å²) >= 11 is 0. The lowest BCUT2D eigenvalue weighted by molar-refractivity contribution is -0.146. The third-order valence-corrected chi connectivity index (χ3v) is 10.1. The highest BCUT2D eigenvalue weighted by atomic mass is 19.1. The minimum atomic E-state index is -1.41. The number of amides is 5. The van der Waals surface area contributed by atoms with Crippen LogP contribution in [0.5, 0.6) is 0 Å². The van der Waals surface area contributed by atoms with Crippen molar-refractivity contribution < 1.29 is 43.1 Å². The van der Waals surface area contributed by atoms with Crippen molar-refractivity contribution in [2.24, 2.45) is 23.7 Å². The number of carboxylic acids is 1. The van der Waals surface area contributed by atoms with Crippen LogP contribution in [0.15, 0.2) is 48.9 Å². The first-order valence-electron chi connectivity index (χ1n) is 18.4. The average Bonchev–Trinajstić information content (AvgIpc) is 3.71. The molecule has 2 heterocycles. The number of carbonyl (C=O) groups is 7. The molecule has 54 heavy (non-hydrogen) atoms. The van der Waals surface area contributed by atoms with Crippen molar-refractivity contribution >= 4 is 41.3 Å². The Balaban J connectivity index is 1.52. The van der Waals surface area contributed by atoms with Gasteiger partial charge in [0.25, 0.3) is 11.8 Å². The number of aliphatic carboxylic acids is 1. The number of fused-ring (bicyclic) bond motifs is 1. The monoisotopic (exact) mass is 751 g/mol. The van der Waals surface area contributed by atoms with Crippen LogP contribution in [0.4, 0.5) is 4.39 Å². The summed E-state index contributed by atoms with van der Waals surface area (Å²) in [5.74, 6) is -8.41. The lowest BCUT2D eigenvalue weighted by atomic mass is 9.92. The lowest BCUT2D eigenvalue weighted by Crippen LogP contribution is -2.60. The van der Waals surface area contributed by atoms with E-state index in [-0.39, 0.29) is 31.5 Å². The number of benzene rings is 1. The van der Waals surface area contributed by atoms with Crippen LogP contribution in [0.1, 0.15) is 76.4 Å². The maximum atomic E-state index is 15.2. The first-order chi connectivity index (χ1) is 25.6. The van der Waals surface area contributed by atoms with E-state index in [0.29, 0.717) is 18.4 Å². The molecule has 1 saturated carbocycles. The summed E-state index contributed by atoms with van der Waals surface area (Å²) in [7, 11) is 0. The van der Waals surface area contributed by atoms with Crippen molar-refractivity contribution in [1.82, 2.24) is 36.1 Å². The van der Waals surface area contributed by atoms with Gasteiger partial charge in [-0.15, -0.1) is 0 Å². The molecular formula is C38H50FN7O8. The summed E-state index contributed by atoms with van der Waals surface area (Å²) in [6.45, 7) is 8.47. The summed E-state index contributed by atoms with van der Waals surface area (Å²) < 4.78 is 15.2. The van der Waals surface area contributed by atoms with Gasteiger partial charge in [0, 0.05) is 31.3 Å². The highest BCUT2D eigenvalue weighted by Crippen LogP contribution is 2.44. The fourth-order valence-corrected chi connectivity index (χ4v) is 7.18. The number of nitrogens with one attached hydrogen (secondary N) is 4. The van der Waals surface area contributed by atoms with E-state index in [1.54, 1.807) is 65.0 Å². The standard InChI is InChI=1S/C38H50FN7O8/c1-6-10-26(32(47)36(51)43-27(38(53)54)17-22-11-8-7-9-12-22)42-35(50)31-23-13-14-25(39)24(23)19-46(31)37(52)30(21(4)5)45-34(49)29(20(2)3)44-33(48)28-18-40-15-16-41-28/h7-9,11-12,15-16,18,20-21,23-27,29-31H,6,10,13-14,17,19H2,1-5H3,(H,42,50)(H,43,51)(H,44,48)(H,45,49)(H,53,54)/t23-,24-,25-,26?,27-,29-,30-,31-/m0/s1. The number of carbonyl (C=O) groups excluding carboxylic acids is 6. The Bertz CT molecular complexity index is 1680. The van der Waals surface area contributed by atoms with E-state index in [9.17, 15) is 38.7 Å². The van der Waals surface area contributed by atoms with E-state index >= 15 is 4.39 Å². The number of hydrogen-bond donors (Lipinski definition) is 5. The number of carboxylic acid groups (broad SMARTS) is 1. The zero-order chi connectivity index (χ0) is 39.7. The van der Waals surface area contributed by atoms with Gasteiger partial charge in [0.1, 0.15) is 36.0 Å². The Morgan fingerprint density at radius 1 is 0.870 bits per heavy atom. The van der Waals surface area contributed by atoms with Crippen molar-refractivity contribution in [3.05, 3.63) is 60.2 Å². The van der Waals surface area contributed by atoms with Crippen molar-refractivity contribution in [3.8, 4) is 0 Å². The van der Waals surface area contributed by atoms with Gasteiger partial charge in [-0.25, -0.2) is 14.2 Å². The number of alkyl halides is 1. The summed E-state index contributed by atoms with van der Waals surface area (Å²) in [5, 5.41) is 20.0. The summed E-state index contributed by atoms with van der Waals surface area (Å²) in [6.07, 6.45) is 3.52. The van der Waals surface area contributed by atoms with Crippen LogP contribution in [0, 0.1) is 23.7 Å². The molecule has 2 aromatic rings. The Labute approximate surface area is 313 Å². The molecule has 292 valence electrons. The van der Waals surface area contributed by atoms with E-state index in [0.717, 1.165) is 0 Å². The number of halogens is 1.